The molecule has 4 saturated heterocycles. The SMILES string of the molecule is CC[C@@H](O)[C@@](C)(O)[C@@H]1OC(=O)[C@H](C)[C@@H](O[C@H]2CC(C)(OC)[C@@H](O)C(C)O2)[C@H](C)[C@@H](O[C@@H]2OC(C)CC(N(C)Cc3ccc(C(F)(F)F)cc3)C2O)[C@@]2(C)CC(C)C(O2)[C@@H]1C. The van der Waals surface area contributed by atoms with Gasteiger partial charge in [0, 0.05) is 38.0 Å². The summed E-state index contributed by atoms with van der Waals surface area (Å²) >= 11 is 0. The zero-order chi connectivity index (χ0) is 44.9. The summed E-state index contributed by atoms with van der Waals surface area (Å²) < 4.78 is 85.2. The van der Waals surface area contributed by atoms with Crippen molar-refractivity contribution in [3.8, 4) is 0 Å². The molecule has 2 bridgehead atoms. The molecule has 0 aromatic heterocycles. The topological polar surface area (TPSA) is 166 Å². The van der Waals surface area contributed by atoms with E-state index in [0.29, 0.717) is 18.4 Å². The Morgan fingerprint density at radius 3 is 2.20 bits per heavy atom. The van der Waals surface area contributed by atoms with Gasteiger partial charge >= 0.3 is 12.1 Å². The number of esters is 1. The molecule has 60 heavy (non-hydrogen) atoms. The van der Waals surface area contributed by atoms with Crippen molar-refractivity contribution in [3.05, 3.63) is 35.4 Å². The van der Waals surface area contributed by atoms with Gasteiger partial charge in [-0.15, -0.1) is 0 Å². The largest absolute Gasteiger partial charge is 0.459 e. The number of cyclic esters (lactones) is 1. The summed E-state index contributed by atoms with van der Waals surface area (Å²) in [6.45, 7) is 18.0. The molecule has 4 N–H and O–H groups in total. The van der Waals surface area contributed by atoms with Crippen LogP contribution in [0, 0.1) is 23.7 Å². The Morgan fingerprint density at radius 1 is 0.983 bits per heavy atom. The summed E-state index contributed by atoms with van der Waals surface area (Å²) in [5.41, 5.74) is -4.10. The number of nitrogens with zero attached hydrogens (tertiary/aromatic N) is 1. The van der Waals surface area contributed by atoms with Crippen LogP contribution in [-0.2, 0) is 50.7 Å². The molecule has 1 aromatic rings. The molecule has 19 atom stereocenters. The van der Waals surface area contributed by atoms with Gasteiger partial charge in [0.1, 0.15) is 23.9 Å². The molecule has 1 aromatic carbocycles. The molecule has 0 aliphatic carbocycles. The quantitative estimate of drug-likeness (QED) is 0.215. The molecule has 7 unspecified atom stereocenters. The molecule has 5 rings (SSSR count). The summed E-state index contributed by atoms with van der Waals surface area (Å²) in [6.07, 6.45) is -13.6. The number of halogens is 3. The highest BCUT2D eigenvalue weighted by Crippen LogP contribution is 2.48. The predicted molar refractivity (Wildman–Crippen MR) is 213 cm³/mol. The summed E-state index contributed by atoms with van der Waals surface area (Å²) in [4.78, 5) is 16.3. The minimum atomic E-state index is -4.46. The molecular formula is C44H70F3NO12. The fraction of sp³-hybridized carbons (Fsp3) is 0.841. The first-order valence-electron chi connectivity index (χ1n) is 21.5. The summed E-state index contributed by atoms with van der Waals surface area (Å²) in [7, 11) is 3.29. The monoisotopic (exact) mass is 861 g/mol. The van der Waals surface area contributed by atoms with Crippen LogP contribution in [-0.4, -0.2) is 136 Å². The minimum Gasteiger partial charge on any atom is -0.459 e. The predicted octanol–water partition coefficient (Wildman–Crippen LogP) is 5.21. The van der Waals surface area contributed by atoms with Crippen molar-refractivity contribution in [1.82, 2.24) is 4.90 Å². The van der Waals surface area contributed by atoms with Crippen molar-refractivity contribution in [3.63, 3.8) is 0 Å². The van der Waals surface area contributed by atoms with E-state index in [9.17, 15) is 38.4 Å². The molecule has 4 aliphatic heterocycles. The van der Waals surface area contributed by atoms with Crippen LogP contribution in [0.15, 0.2) is 24.3 Å². The third-order valence-electron chi connectivity index (χ3n) is 14.0. The number of hydrogen-bond acceptors (Lipinski definition) is 13. The molecule has 344 valence electrons. The van der Waals surface area contributed by atoms with Crippen molar-refractivity contribution < 1.29 is 71.5 Å². The molecule has 0 radical (unpaired) electrons. The number of rotatable bonds is 11. The third-order valence-corrected chi connectivity index (χ3v) is 14.0. The van der Waals surface area contributed by atoms with Crippen LogP contribution in [0.4, 0.5) is 13.2 Å². The summed E-state index contributed by atoms with van der Waals surface area (Å²) in [5, 5.41) is 46.0. The van der Waals surface area contributed by atoms with Gasteiger partial charge in [0.05, 0.1) is 59.3 Å². The number of ether oxygens (including phenoxy) is 7. The van der Waals surface area contributed by atoms with E-state index < -0.39 is 126 Å². The van der Waals surface area contributed by atoms with E-state index in [-0.39, 0.29) is 25.3 Å². The minimum absolute atomic E-state index is 0.115. The van der Waals surface area contributed by atoms with Gasteiger partial charge in [-0.2, -0.15) is 13.2 Å². The average Bonchev–Trinajstić information content (AvgIpc) is 3.50. The first kappa shape index (κ1) is 49.1. The number of benzene rings is 1. The molecular weight excluding hydrogens is 791 g/mol. The number of fused-ring (bicyclic) bond motifs is 2. The Balaban J connectivity index is 1.53. The zero-order valence-electron chi connectivity index (χ0n) is 37.2. The zero-order valence-corrected chi connectivity index (χ0v) is 37.2. The Kier molecular flexibility index (Phi) is 15.2. The molecule has 4 fully saturated rings. The highest BCUT2D eigenvalue weighted by molar-refractivity contribution is 5.73. The number of carbonyl (C=O) groups excluding carboxylic acids is 1. The Morgan fingerprint density at radius 2 is 1.62 bits per heavy atom. The van der Waals surface area contributed by atoms with Gasteiger partial charge in [-0.1, -0.05) is 39.8 Å². The number of alkyl halides is 3. The van der Waals surface area contributed by atoms with Crippen LogP contribution < -0.4 is 0 Å². The second-order valence-electron chi connectivity index (χ2n) is 18.9. The lowest BCUT2D eigenvalue weighted by atomic mass is 9.76. The van der Waals surface area contributed by atoms with Crippen LogP contribution in [0.2, 0.25) is 0 Å². The second-order valence-corrected chi connectivity index (χ2v) is 18.9. The molecule has 0 amide bonds. The van der Waals surface area contributed by atoms with Crippen LogP contribution in [0.5, 0.6) is 0 Å². The lowest BCUT2D eigenvalue weighted by Crippen LogP contribution is -2.60. The molecule has 4 heterocycles. The number of hydrogen-bond donors (Lipinski definition) is 4. The van der Waals surface area contributed by atoms with Crippen LogP contribution in [0.1, 0.15) is 106 Å². The normalized spacial score (nSPS) is 43.5. The van der Waals surface area contributed by atoms with Crippen molar-refractivity contribution in [1.29, 1.82) is 0 Å². The van der Waals surface area contributed by atoms with Crippen LogP contribution >= 0.6 is 0 Å². The van der Waals surface area contributed by atoms with Gasteiger partial charge in [0.15, 0.2) is 12.6 Å². The van der Waals surface area contributed by atoms with Gasteiger partial charge in [0.25, 0.3) is 0 Å². The van der Waals surface area contributed by atoms with E-state index in [1.165, 1.54) is 26.2 Å². The standard InChI is InChI=1S/C44H70F3NO12/c1-13-31(49)43(10,53)38-24(4)34-22(2)19-42(9,60-34)37(25(5)35(26(6)39(52)58-38)57-32-20-41(8,54-12)36(51)27(7)56-32)59-40-33(50)30(18-23(3)55-40)48(11)21-28-14-16-29(17-15-28)44(45,46)47/h14-17,22-27,30-38,40,49-51,53H,13,18-21H2,1-12H3/t22?,23?,24-,25-,26+,27?,30?,31+,32-,33?,34?,35-,36-,37+,38+,40-,41?,42+,43+/m0/s1. The van der Waals surface area contributed by atoms with Crippen molar-refractivity contribution >= 4 is 5.97 Å². The molecule has 0 spiro atoms. The van der Waals surface area contributed by atoms with E-state index in [1.54, 1.807) is 34.7 Å². The van der Waals surface area contributed by atoms with E-state index in [0.717, 1.165) is 12.1 Å². The van der Waals surface area contributed by atoms with Gasteiger partial charge in [0.2, 0.25) is 0 Å². The highest BCUT2D eigenvalue weighted by atomic mass is 19.4. The number of likely N-dealkylation sites (N-methyl/N-ethyl adjacent to an activating group) is 1. The third kappa shape index (κ3) is 10.0. The molecule has 4 aliphatic rings. The Labute approximate surface area is 353 Å². The lowest BCUT2D eigenvalue weighted by Gasteiger charge is -2.48. The maximum absolute atomic E-state index is 14.4. The number of carbonyl (C=O) groups is 1. The van der Waals surface area contributed by atoms with Gasteiger partial charge < -0.3 is 53.6 Å². The van der Waals surface area contributed by atoms with E-state index in [4.69, 9.17) is 33.2 Å². The average molecular weight is 862 g/mol. The number of aliphatic hydroxyl groups excluding tert-OH is 3. The maximum Gasteiger partial charge on any atom is 0.416 e. The molecule has 0 saturated carbocycles. The van der Waals surface area contributed by atoms with Crippen molar-refractivity contribution in [2.75, 3.05) is 14.2 Å². The highest BCUT2D eigenvalue weighted by Gasteiger charge is 2.59. The van der Waals surface area contributed by atoms with E-state index >= 15 is 0 Å². The fourth-order valence-electron chi connectivity index (χ4n) is 10.3. The lowest BCUT2D eigenvalue weighted by molar-refractivity contribution is -0.318. The second kappa shape index (κ2) is 18.6. The van der Waals surface area contributed by atoms with Crippen molar-refractivity contribution in [2.24, 2.45) is 23.7 Å². The van der Waals surface area contributed by atoms with E-state index in [2.05, 4.69) is 0 Å². The fourth-order valence-corrected chi connectivity index (χ4v) is 10.3. The molecule has 16 heteroatoms. The van der Waals surface area contributed by atoms with Gasteiger partial charge in [-0.3, -0.25) is 9.69 Å². The van der Waals surface area contributed by atoms with Gasteiger partial charge in [-0.25, -0.2) is 0 Å². The maximum atomic E-state index is 14.4. The first-order chi connectivity index (χ1) is 27.8. The number of aliphatic hydroxyl groups is 4. The summed E-state index contributed by atoms with van der Waals surface area (Å²) in [5.74, 6) is -3.14. The van der Waals surface area contributed by atoms with Crippen LogP contribution in [0.25, 0.3) is 0 Å². The van der Waals surface area contributed by atoms with Crippen molar-refractivity contribution in [2.45, 2.75) is 198 Å². The number of methoxy groups -OCH3 is 1. The summed E-state index contributed by atoms with van der Waals surface area (Å²) in [6, 6.07) is 4.41. The van der Waals surface area contributed by atoms with Gasteiger partial charge in [-0.05, 0) is 91.5 Å². The Hall–Kier alpha value is -1.96. The first-order valence-corrected chi connectivity index (χ1v) is 21.5. The van der Waals surface area contributed by atoms with Crippen LogP contribution in [0.3, 0.4) is 0 Å². The Bertz CT molecular complexity index is 1590. The van der Waals surface area contributed by atoms with E-state index in [1.807, 2.05) is 39.5 Å². The smallest absolute Gasteiger partial charge is 0.416 e. The molecule has 13 nitrogen and oxygen atoms in total.